The van der Waals surface area contributed by atoms with E-state index in [1.54, 1.807) is 18.2 Å². The van der Waals surface area contributed by atoms with Crippen molar-refractivity contribution in [2.45, 2.75) is 6.18 Å². The van der Waals surface area contributed by atoms with Crippen molar-refractivity contribution in [1.82, 2.24) is 25.2 Å². The maximum Gasteiger partial charge on any atom is 0.435 e. The highest BCUT2D eigenvalue weighted by molar-refractivity contribution is 5.93. The molecule has 1 saturated heterocycles. The summed E-state index contributed by atoms with van der Waals surface area (Å²) in [4.78, 5) is 13.7. The molecule has 1 amide bonds. The molecule has 1 aliphatic rings. The lowest BCUT2D eigenvalue weighted by molar-refractivity contribution is -0.143. The maximum absolute atomic E-state index is 13.5. The normalized spacial score (nSPS) is 15.7. The molecule has 1 N–H and O–H groups in total. The average molecular weight is 325 g/mol. The molecule has 0 atom stereocenters. The zero-order valence-electron chi connectivity index (χ0n) is 12.0. The second kappa shape index (κ2) is 5.99. The van der Waals surface area contributed by atoms with Gasteiger partial charge in [-0.05, 0) is 12.1 Å². The van der Waals surface area contributed by atoms with E-state index in [1.165, 1.54) is 17.0 Å². The molecule has 0 spiro atoms. The van der Waals surface area contributed by atoms with Gasteiger partial charge in [-0.25, -0.2) is 4.68 Å². The van der Waals surface area contributed by atoms with Crippen molar-refractivity contribution in [2.75, 3.05) is 26.2 Å². The summed E-state index contributed by atoms with van der Waals surface area (Å²) in [6.45, 7) is 1.77. The SMILES string of the molecule is O=C(c1nnn(-c2ccccc2)c1C(F)(F)F)N1CCNCC1. The molecule has 122 valence electrons. The molecule has 1 aliphatic heterocycles. The van der Waals surface area contributed by atoms with E-state index in [-0.39, 0.29) is 5.69 Å². The number of alkyl halides is 3. The molecule has 1 aromatic carbocycles. The van der Waals surface area contributed by atoms with Crippen molar-refractivity contribution in [3.05, 3.63) is 41.7 Å². The van der Waals surface area contributed by atoms with Crippen LogP contribution in [0.5, 0.6) is 0 Å². The lowest BCUT2D eigenvalue weighted by Crippen LogP contribution is -2.47. The van der Waals surface area contributed by atoms with Gasteiger partial charge in [0.1, 0.15) is 0 Å². The number of aromatic nitrogens is 3. The lowest BCUT2D eigenvalue weighted by atomic mass is 10.2. The van der Waals surface area contributed by atoms with Crippen molar-refractivity contribution < 1.29 is 18.0 Å². The summed E-state index contributed by atoms with van der Waals surface area (Å²) < 4.78 is 41.1. The predicted molar refractivity (Wildman–Crippen MR) is 75.1 cm³/mol. The van der Waals surface area contributed by atoms with Crippen LogP contribution < -0.4 is 5.32 Å². The molecule has 0 bridgehead atoms. The third kappa shape index (κ3) is 3.04. The van der Waals surface area contributed by atoms with Crippen LogP contribution in [0.4, 0.5) is 13.2 Å². The van der Waals surface area contributed by atoms with E-state index >= 15 is 0 Å². The highest BCUT2D eigenvalue weighted by Gasteiger charge is 2.42. The first-order valence-electron chi connectivity index (χ1n) is 7.07. The molecule has 0 aliphatic carbocycles. The number of hydrogen-bond acceptors (Lipinski definition) is 4. The fourth-order valence-electron chi connectivity index (χ4n) is 2.45. The third-order valence-corrected chi connectivity index (χ3v) is 3.55. The van der Waals surface area contributed by atoms with Crippen molar-refractivity contribution in [3.63, 3.8) is 0 Å². The number of nitrogens with one attached hydrogen (secondary N) is 1. The second-order valence-corrected chi connectivity index (χ2v) is 5.07. The van der Waals surface area contributed by atoms with Crippen molar-refractivity contribution in [1.29, 1.82) is 0 Å². The molecule has 0 unspecified atom stereocenters. The molecule has 23 heavy (non-hydrogen) atoms. The summed E-state index contributed by atoms with van der Waals surface area (Å²) in [6, 6.07) is 7.82. The number of amides is 1. The van der Waals surface area contributed by atoms with Gasteiger partial charge >= 0.3 is 6.18 Å². The van der Waals surface area contributed by atoms with Crippen molar-refractivity contribution in [3.8, 4) is 5.69 Å². The standard InChI is InChI=1S/C14H14F3N5O/c15-14(16,17)12-11(13(23)21-8-6-18-7-9-21)19-20-22(12)10-4-2-1-3-5-10/h1-5,18H,6-9H2. The van der Waals surface area contributed by atoms with E-state index in [4.69, 9.17) is 0 Å². The van der Waals surface area contributed by atoms with Crippen LogP contribution in [0, 0.1) is 0 Å². The largest absolute Gasteiger partial charge is 0.435 e. The average Bonchev–Trinajstić information content (AvgIpc) is 3.01. The Labute approximate surface area is 129 Å². The summed E-state index contributed by atoms with van der Waals surface area (Å²) in [5, 5.41) is 10.1. The number of benzene rings is 1. The number of rotatable bonds is 2. The molecule has 9 heteroatoms. The van der Waals surface area contributed by atoms with Crippen molar-refractivity contribution in [2.24, 2.45) is 0 Å². The van der Waals surface area contributed by atoms with Gasteiger partial charge in [0.15, 0.2) is 11.4 Å². The van der Waals surface area contributed by atoms with Crippen LogP contribution in [-0.4, -0.2) is 52.0 Å². The Morgan fingerprint density at radius 1 is 1.13 bits per heavy atom. The Hall–Kier alpha value is -2.42. The van der Waals surface area contributed by atoms with Crippen LogP contribution in [-0.2, 0) is 6.18 Å². The molecule has 6 nitrogen and oxygen atoms in total. The third-order valence-electron chi connectivity index (χ3n) is 3.55. The summed E-state index contributed by atoms with van der Waals surface area (Å²) in [5.41, 5.74) is -1.61. The van der Waals surface area contributed by atoms with Gasteiger partial charge in [-0.1, -0.05) is 23.4 Å². The zero-order valence-corrected chi connectivity index (χ0v) is 12.0. The second-order valence-electron chi connectivity index (χ2n) is 5.07. The van der Waals surface area contributed by atoms with Gasteiger partial charge in [-0.15, -0.1) is 5.10 Å². The maximum atomic E-state index is 13.5. The Kier molecular flexibility index (Phi) is 4.03. The van der Waals surface area contributed by atoms with Gasteiger partial charge in [0.2, 0.25) is 0 Å². The number of piperazine rings is 1. The van der Waals surface area contributed by atoms with Crippen LogP contribution in [0.15, 0.2) is 30.3 Å². The monoisotopic (exact) mass is 325 g/mol. The molecular weight excluding hydrogens is 311 g/mol. The quantitative estimate of drug-likeness (QED) is 0.905. The zero-order chi connectivity index (χ0) is 16.4. The first-order valence-corrected chi connectivity index (χ1v) is 7.07. The molecule has 3 rings (SSSR count). The van der Waals surface area contributed by atoms with Gasteiger partial charge in [-0.3, -0.25) is 4.79 Å². The Balaban J connectivity index is 2.04. The topological polar surface area (TPSA) is 63.1 Å². The molecule has 0 saturated carbocycles. The number of halogens is 3. The van der Waals surface area contributed by atoms with Crippen molar-refractivity contribution >= 4 is 5.91 Å². The number of carbonyl (C=O) groups excluding carboxylic acids is 1. The summed E-state index contributed by atoms with van der Waals surface area (Å²) in [5.74, 6) is -0.749. The Bertz CT molecular complexity index is 692. The van der Waals surface area contributed by atoms with E-state index in [9.17, 15) is 18.0 Å². The molecule has 2 heterocycles. The number of para-hydroxylation sites is 1. The van der Waals surface area contributed by atoms with Gasteiger partial charge in [0.25, 0.3) is 5.91 Å². The minimum Gasteiger partial charge on any atom is -0.335 e. The smallest absolute Gasteiger partial charge is 0.335 e. The predicted octanol–water partition coefficient (Wildman–Crippen LogP) is 1.33. The molecule has 1 aromatic heterocycles. The Morgan fingerprint density at radius 2 is 1.78 bits per heavy atom. The summed E-state index contributed by atoms with van der Waals surface area (Å²) >= 11 is 0. The van der Waals surface area contributed by atoms with Gasteiger partial charge < -0.3 is 10.2 Å². The van der Waals surface area contributed by atoms with Gasteiger partial charge in [0.05, 0.1) is 5.69 Å². The van der Waals surface area contributed by atoms with E-state index in [0.717, 1.165) is 0 Å². The minimum absolute atomic E-state index is 0.201. The van der Waals surface area contributed by atoms with E-state index in [1.807, 2.05) is 0 Å². The van der Waals surface area contributed by atoms with Crippen LogP contribution in [0.25, 0.3) is 5.69 Å². The molecule has 0 radical (unpaired) electrons. The van der Waals surface area contributed by atoms with Crippen LogP contribution in [0.1, 0.15) is 16.2 Å². The van der Waals surface area contributed by atoms with Crippen LogP contribution >= 0.6 is 0 Å². The molecule has 2 aromatic rings. The highest BCUT2D eigenvalue weighted by atomic mass is 19.4. The summed E-state index contributed by atoms with van der Waals surface area (Å²) in [6.07, 6.45) is -4.74. The minimum atomic E-state index is -4.74. The van der Waals surface area contributed by atoms with Gasteiger partial charge in [-0.2, -0.15) is 13.2 Å². The Morgan fingerprint density at radius 3 is 2.39 bits per heavy atom. The lowest BCUT2D eigenvalue weighted by Gasteiger charge is -2.27. The molecule has 1 fully saturated rings. The first kappa shape index (κ1) is 15.5. The van der Waals surface area contributed by atoms with Crippen LogP contribution in [0.3, 0.4) is 0 Å². The van der Waals surface area contributed by atoms with E-state index in [0.29, 0.717) is 30.9 Å². The fraction of sp³-hybridized carbons (Fsp3) is 0.357. The highest BCUT2D eigenvalue weighted by Crippen LogP contribution is 2.33. The number of carbonyl (C=O) groups is 1. The fourth-order valence-corrected chi connectivity index (χ4v) is 2.45. The number of hydrogen-bond donors (Lipinski definition) is 1. The molecular formula is C14H14F3N5O. The first-order chi connectivity index (χ1) is 11.0. The number of nitrogens with zero attached hydrogens (tertiary/aromatic N) is 4. The summed E-state index contributed by atoms with van der Waals surface area (Å²) in [7, 11) is 0. The van der Waals surface area contributed by atoms with E-state index < -0.39 is 23.5 Å². The van der Waals surface area contributed by atoms with Crippen LogP contribution in [0.2, 0.25) is 0 Å². The van der Waals surface area contributed by atoms with Gasteiger partial charge in [0, 0.05) is 26.2 Å². The van der Waals surface area contributed by atoms with E-state index in [2.05, 4.69) is 15.6 Å².